The van der Waals surface area contributed by atoms with E-state index in [0.29, 0.717) is 23.4 Å². The molecule has 2 N–H and O–H groups in total. The molecule has 0 bridgehead atoms. The third-order valence-corrected chi connectivity index (χ3v) is 7.32. The molecule has 9 heteroatoms. The number of ketones is 2. The third-order valence-electron chi connectivity index (χ3n) is 5.50. The Bertz CT molecular complexity index is 1120. The number of carbonyl (C=O) groups excluding carboxylic acids is 2. The van der Waals surface area contributed by atoms with E-state index in [1.54, 1.807) is 36.5 Å². The zero-order valence-corrected chi connectivity index (χ0v) is 18.9. The second-order valence-electron chi connectivity index (χ2n) is 7.79. The lowest BCUT2D eigenvalue weighted by Gasteiger charge is -2.18. The van der Waals surface area contributed by atoms with Crippen LogP contribution in [0, 0.1) is 0 Å². The molecule has 170 valence electrons. The van der Waals surface area contributed by atoms with Crippen LogP contribution in [0.15, 0.2) is 53.8 Å². The van der Waals surface area contributed by atoms with E-state index in [1.165, 1.54) is 6.33 Å². The molecule has 2 aromatic heterocycles. The summed E-state index contributed by atoms with van der Waals surface area (Å²) in [7, 11) is -3.33. The Labute approximate surface area is 187 Å². The van der Waals surface area contributed by atoms with Gasteiger partial charge >= 0.3 is 0 Å². The minimum absolute atomic E-state index is 0.0627. The maximum absolute atomic E-state index is 12.6. The molecular formula is C23H28N4O4S. The maximum Gasteiger partial charge on any atom is 0.265 e. The molecule has 0 fully saturated rings. The summed E-state index contributed by atoms with van der Waals surface area (Å²) >= 11 is 0. The summed E-state index contributed by atoms with van der Waals surface area (Å²) in [6, 6.07) is 10.4. The number of carbonyl (C=O) groups is 2. The van der Waals surface area contributed by atoms with Gasteiger partial charge in [0.2, 0.25) is 5.78 Å². The van der Waals surface area contributed by atoms with Gasteiger partial charge < -0.3 is 4.98 Å². The van der Waals surface area contributed by atoms with Gasteiger partial charge in [0.1, 0.15) is 6.33 Å². The lowest BCUT2D eigenvalue weighted by Crippen LogP contribution is -2.19. The second-order valence-corrected chi connectivity index (χ2v) is 9.90. The van der Waals surface area contributed by atoms with Gasteiger partial charge in [0.15, 0.2) is 15.7 Å². The molecule has 0 aliphatic carbocycles. The Kier molecular flexibility index (Phi) is 8.10. The number of hydrogen-bond donors (Lipinski definition) is 2. The van der Waals surface area contributed by atoms with Crippen molar-refractivity contribution in [1.82, 2.24) is 20.2 Å². The number of sulfone groups is 1. The predicted molar refractivity (Wildman–Crippen MR) is 120 cm³/mol. The fourth-order valence-corrected chi connectivity index (χ4v) is 5.16. The van der Waals surface area contributed by atoms with Gasteiger partial charge in [-0.05, 0) is 48.9 Å². The number of H-pyrrole nitrogens is 2. The molecule has 3 aromatic rings. The first kappa shape index (κ1) is 23.6. The van der Waals surface area contributed by atoms with E-state index in [1.807, 2.05) is 6.07 Å². The first-order valence-electron chi connectivity index (χ1n) is 10.8. The summed E-state index contributed by atoms with van der Waals surface area (Å²) < 4.78 is 25.2. The zero-order valence-electron chi connectivity index (χ0n) is 18.1. The molecule has 0 aliphatic heterocycles. The Morgan fingerprint density at radius 3 is 2.50 bits per heavy atom. The number of aromatic amines is 2. The number of nitrogens with one attached hydrogen (secondary N) is 2. The summed E-state index contributed by atoms with van der Waals surface area (Å²) in [6.07, 6.45) is 6.97. The van der Waals surface area contributed by atoms with E-state index in [-0.39, 0.29) is 23.9 Å². The van der Waals surface area contributed by atoms with Gasteiger partial charge in [0.05, 0.1) is 17.1 Å². The van der Waals surface area contributed by atoms with Crippen molar-refractivity contribution in [2.24, 2.45) is 0 Å². The number of rotatable bonds is 13. The van der Waals surface area contributed by atoms with Crippen molar-refractivity contribution < 1.29 is 18.0 Å². The van der Waals surface area contributed by atoms with Crippen LogP contribution >= 0.6 is 0 Å². The number of benzene rings is 1. The number of nitrogens with zero attached hydrogens (tertiary/aromatic N) is 2. The van der Waals surface area contributed by atoms with Gasteiger partial charge in [-0.2, -0.15) is 5.10 Å². The number of unbranched alkanes of at least 4 members (excludes halogenated alkanes) is 1. The Morgan fingerprint density at radius 2 is 1.81 bits per heavy atom. The first-order chi connectivity index (χ1) is 15.4. The van der Waals surface area contributed by atoms with E-state index in [9.17, 15) is 18.0 Å². The molecule has 0 saturated carbocycles. The van der Waals surface area contributed by atoms with Crippen molar-refractivity contribution in [3.8, 4) is 0 Å². The molecule has 1 unspecified atom stereocenters. The minimum atomic E-state index is -3.33. The smallest absolute Gasteiger partial charge is 0.265 e. The molecular weight excluding hydrogens is 428 g/mol. The van der Waals surface area contributed by atoms with Crippen molar-refractivity contribution >= 4 is 21.4 Å². The van der Waals surface area contributed by atoms with Crippen molar-refractivity contribution in [1.29, 1.82) is 0 Å². The second kappa shape index (κ2) is 11.0. The van der Waals surface area contributed by atoms with Crippen molar-refractivity contribution in [3.05, 3.63) is 66.0 Å². The van der Waals surface area contributed by atoms with Gasteiger partial charge in [-0.25, -0.2) is 13.4 Å². The average molecular weight is 457 g/mol. The summed E-state index contributed by atoms with van der Waals surface area (Å²) in [4.78, 5) is 31.9. The van der Waals surface area contributed by atoms with Gasteiger partial charge in [-0.3, -0.25) is 14.7 Å². The standard InChI is InChI=1S/C23H28N4O4S/c1-2-3-8-17(9-7-14-32(30,31)18-10-5-4-6-11-18)19-12-13-24-20(19)15-21(28)22(29)23-25-16-26-27-23/h4-6,10-13,16-17,24H,2-3,7-9,14-15H2,1H3,(H,25,26,27). The average Bonchev–Trinajstić information content (AvgIpc) is 3.48. The molecule has 8 nitrogen and oxygen atoms in total. The van der Waals surface area contributed by atoms with Crippen LogP contribution in [-0.2, 0) is 21.1 Å². The molecule has 0 aliphatic rings. The fraction of sp³-hybridized carbons (Fsp3) is 0.391. The largest absolute Gasteiger partial charge is 0.364 e. The third kappa shape index (κ3) is 6.00. The summed E-state index contributed by atoms with van der Waals surface area (Å²) in [5, 5.41) is 6.03. The van der Waals surface area contributed by atoms with Crippen LogP contribution in [0.5, 0.6) is 0 Å². The molecule has 0 amide bonds. The molecule has 0 radical (unpaired) electrons. The van der Waals surface area contributed by atoms with E-state index < -0.39 is 21.4 Å². The minimum Gasteiger partial charge on any atom is -0.364 e. The molecule has 32 heavy (non-hydrogen) atoms. The highest BCUT2D eigenvalue weighted by molar-refractivity contribution is 7.91. The fourth-order valence-electron chi connectivity index (χ4n) is 3.81. The van der Waals surface area contributed by atoms with Crippen molar-refractivity contribution in [3.63, 3.8) is 0 Å². The number of Topliss-reactive ketones (excluding diaryl/α,β-unsaturated/α-hetero) is 2. The molecule has 0 saturated heterocycles. The normalized spacial score (nSPS) is 12.5. The predicted octanol–water partition coefficient (Wildman–Crippen LogP) is 3.66. The van der Waals surface area contributed by atoms with Crippen LogP contribution < -0.4 is 0 Å². The van der Waals surface area contributed by atoms with Crippen LogP contribution in [0.3, 0.4) is 0 Å². The summed E-state index contributed by atoms with van der Waals surface area (Å²) in [6.45, 7) is 2.11. The van der Waals surface area contributed by atoms with Gasteiger partial charge in [-0.1, -0.05) is 38.0 Å². The Morgan fingerprint density at radius 1 is 1.06 bits per heavy atom. The monoisotopic (exact) mass is 456 g/mol. The molecule has 1 aromatic carbocycles. The van der Waals surface area contributed by atoms with Gasteiger partial charge in [-0.15, -0.1) is 0 Å². The van der Waals surface area contributed by atoms with Crippen molar-refractivity contribution in [2.45, 2.75) is 56.3 Å². The van der Waals surface area contributed by atoms with E-state index in [0.717, 1.165) is 24.8 Å². The molecule has 3 rings (SSSR count). The number of aromatic nitrogens is 4. The van der Waals surface area contributed by atoms with E-state index in [2.05, 4.69) is 27.1 Å². The quantitative estimate of drug-likeness (QED) is 0.299. The molecule has 2 heterocycles. The van der Waals surface area contributed by atoms with Gasteiger partial charge in [0, 0.05) is 11.9 Å². The Balaban J connectivity index is 1.68. The highest BCUT2D eigenvalue weighted by atomic mass is 32.2. The highest BCUT2D eigenvalue weighted by Crippen LogP contribution is 2.30. The SMILES string of the molecule is CCCCC(CCCS(=O)(=O)c1ccccc1)c1cc[nH]c1CC(=O)C(=O)c1ncn[nH]1. The maximum atomic E-state index is 12.6. The van der Waals surface area contributed by atoms with Crippen LogP contribution in [-0.4, -0.2) is 45.9 Å². The highest BCUT2D eigenvalue weighted by Gasteiger charge is 2.24. The number of hydrogen-bond acceptors (Lipinski definition) is 6. The first-order valence-corrected chi connectivity index (χ1v) is 12.4. The van der Waals surface area contributed by atoms with E-state index >= 15 is 0 Å². The van der Waals surface area contributed by atoms with Crippen molar-refractivity contribution in [2.75, 3.05) is 5.75 Å². The van der Waals surface area contributed by atoms with Crippen LogP contribution in [0.25, 0.3) is 0 Å². The van der Waals surface area contributed by atoms with Crippen LogP contribution in [0.4, 0.5) is 0 Å². The molecule has 1 atom stereocenters. The van der Waals surface area contributed by atoms with Gasteiger partial charge in [0.25, 0.3) is 5.78 Å². The summed E-state index contributed by atoms with van der Waals surface area (Å²) in [5.74, 6) is -1.18. The molecule has 0 spiro atoms. The van der Waals surface area contributed by atoms with E-state index in [4.69, 9.17) is 0 Å². The topological polar surface area (TPSA) is 126 Å². The Hall–Kier alpha value is -3.07. The van der Waals surface area contributed by atoms with Crippen LogP contribution in [0.2, 0.25) is 0 Å². The lowest BCUT2D eigenvalue weighted by atomic mass is 9.88. The summed E-state index contributed by atoms with van der Waals surface area (Å²) in [5.41, 5.74) is 1.66. The zero-order chi connectivity index (χ0) is 23.0. The lowest BCUT2D eigenvalue weighted by molar-refractivity contribution is -0.114. The van der Waals surface area contributed by atoms with Crippen LogP contribution in [0.1, 0.15) is 66.8 Å².